The SMILES string of the molecule is CO[Si](CCCBr)(OC)OCCl. The van der Waals surface area contributed by atoms with Crippen LogP contribution in [0.4, 0.5) is 0 Å². The van der Waals surface area contributed by atoms with Gasteiger partial charge in [-0.2, -0.15) is 0 Å². The molecule has 0 fully saturated rings. The van der Waals surface area contributed by atoms with Gasteiger partial charge >= 0.3 is 8.80 Å². The van der Waals surface area contributed by atoms with Crippen molar-refractivity contribution in [2.45, 2.75) is 12.5 Å². The molecule has 0 atom stereocenters. The monoisotopic (exact) mass is 276 g/mol. The Bertz CT molecular complexity index is 113. The van der Waals surface area contributed by atoms with Gasteiger partial charge in [-0.3, -0.25) is 0 Å². The van der Waals surface area contributed by atoms with Crippen molar-refractivity contribution in [3.63, 3.8) is 0 Å². The highest BCUT2D eigenvalue weighted by molar-refractivity contribution is 9.09. The second-order valence-electron chi connectivity index (χ2n) is 2.14. The van der Waals surface area contributed by atoms with E-state index >= 15 is 0 Å². The summed E-state index contributed by atoms with van der Waals surface area (Å²) in [5.41, 5.74) is 0. The number of hydrogen-bond acceptors (Lipinski definition) is 3. The molecule has 12 heavy (non-hydrogen) atoms. The van der Waals surface area contributed by atoms with Gasteiger partial charge in [-0.25, -0.2) is 0 Å². The standard InChI is InChI=1S/C6H14BrClO3Si/c1-9-12(10-2,11-6-8)5-3-4-7/h3-6H2,1-2H3. The molecule has 0 amide bonds. The summed E-state index contributed by atoms with van der Waals surface area (Å²) in [6.07, 6.45) is 0.963. The molecule has 0 aromatic heterocycles. The Kier molecular flexibility index (Phi) is 7.81. The minimum Gasteiger partial charge on any atom is -0.377 e. The van der Waals surface area contributed by atoms with Crippen LogP contribution in [0.15, 0.2) is 0 Å². The zero-order chi connectivity index (χ0) is 9.45. The van der Waals surface area contributed by atoms with Crippen molar-refractivity contribution in [2.75, 3.05) is 25.6 Å². The Balaban J connectivity index is 3.95. The predicted molar refractivity (Wildman–Crippen MR) is 54.8 cm³/mol. The topological polar surface area (TPSA) is 27.7 Å². The average Bonchev–Trinajstić information content (AvgIpc) is 2.13. The Hall–Kier alpha value is 0.867. The van der Waals surface area contributed by atoms with Gasteiger partial charge in [0.1, 0.15) is 6.07 Å². The smallest absolute Gasteiger partial charge is 0.377 e. The molecule has 0 heterocycles. The summed E-state index contributed by atoms with van der Waals surface area (Å²) in [7, 11) is 0.761. The second-order valence-corrected chi connectivity index (χ2v) is 6.12. The Labute approximate surface area is 87.8 Å². The maximum absolute atomic E-state index is 5.46. The maximum atomic E-state index is 5.46. The van der Waals surface area contributed by atoms with Gasteiger partial charge in [0.25, 0.3) is 0 Å². The Morgan fingerprint density at radius 3 is 2.25 bits per heavy atom. The van der Waals surface area contributed by atoms with Crippen molar-refractivity contribution in [1.29, 1.82) is 0 Å². The summed E-state index contributed by atoms with van der Waals surface area (Å²) in [6, 6.07) is 0.911. The van der Waals surface area contributed by atoms with Gasteiger partial charge in [-0.15, -0.1) is 0 Å². The third kappa shape index (κ3) is 4.20. The highest BCUT2D eigenvalue weighted by Gasteiger charge is 2.37. The molecule has 0 rings (SSSR count). The van der Waals surface area contributed by atoms with E-state index in [9.17, 15) is 0 Å². The van der Waals surface area contributed by atoms with E-state index in [1.807, 2.05) is 0 Å². The molecule has 0 aliphatic heterocycles. The lowest BCUT2D eigenvalue weighted by molar-refractivity contribution is 0.116. The first-order valence-electron chi connectivity index (χ1n) is 3.61. The second kappa shape index (κ2) is 7.29. The van der Waals surface area contributed by atoms with Crippen molar-refractivity contribution in [2.24, 2.45) is 0 Å². The van der Waals surface area contributed by atoms with Crippen LogP contribution in [-0.4, -0.2) is 34.4 Å². The van der Waals surface area contributed by atoms with Gasteiger partial charge in [0.05, 0.1) is 0 Å². The van der Waals surface area contributed by atoms with Crippen LogP contribution >= 0.6 is 27.5 Å². The minimum atomic E-state index is -2.43. The van der Waals surface area contributed by atoms with Crippen LogP contribution in [0.1, 0.15) is 6.42 Å². The first kappa shape index (κ1) is 12.9. The predicted octanol–water partition coefficient (Wildman–Crippen LogP) is 2.22. The van der Waals surface area contributed by atoms with Crippen molar-refractivity contribution in [3.8, 4) is 0 Å². The largest absolute Gasteiger partial charge is 0.501 e. The van der Waals surface area contributed by atoms with Crippen molar-refractivity contribution in [3.05, 3.63) is 0 Å². The molecule has 0 unspecified atom stereocenters. The van der Waals surface area contributed by atoms with E-state index in [0.29, 0.717) is 0 Å². The third-order valence-electron chi connectivity index (χ3n) is 1.51. The van der Waals surface area contributed by atoms with Crippen LogP contribution in [0.2, 0.25) is 6.04 Å². The highest BCUT2D eigenvalue weighted by Crippen LogP contribution is 2.16. The third-order valence-corrected chi connectivity index (χ3v) is 5.16. The van der Waals surface area contributed by atoms with Gasteiger partial charge in [-0.1, -0.05) is 27.5 Å². The van der Waals surface area contributed by atoms with Crippen LogP contribution in [0.25, 0.3) is 0 Å². The molecule has 0 bridgehead atoms. The van der Waals surface area contributed by atoms with E-state index in [0.717, 1.165) is 17.8 Å². The molecule has 0 spiro atoms. The first-order chi connectivity index (χ1) is 5.74. The number of alkyl halides is 2. The van der Waals surface area contributed by atoms with Crippen molar-refractivity contribution >= 4 is 36.3 Å². The average molecular weight is 278 g/mol. The Morgan fingerprint density at radius 1 is 1.33 bits per heavy atom. The van der Waals surface area contributed by atoms with Gasteiger partial charge in [0, 0.05) is 25.6 Å². The van der Waals surface area contributed by atoms with Crippen LogP contribution in [-0.2, 0) is 13.3 Å². The fourth-order valence-corrected chi connectivity index (χ4v) is 3.87. The number of hydrogen-bond donors (Lipinski definition) is 0. The summed E-state index contributed by atoms with van der Waals surface area (Å²) in [4.78, 5) is 0. The van der Waals surface area contributed by atoms with E-state index in [1.54, 1.807) is 14.2 Å². The molecule has 0 aromatic rings. The van der Waals surface area contributed by atoms with E-state index in [2.05, 4.69) is 15.9 Å². The summed E-state index contributed by atoms with van der Waals surface area (Å²) in [6.45, 7) is 0. The molecule has 0 N–H and O–H groups in total. The summed E-state index contributed by atoms with van der Waals surface area (Å²) in [5.74, 6) is 0. The molecule has 0 aromatic carbocycles. The molecule has 0 aliphatic rings. The fourth-order valence-electron chi connectivity index (χ4n) is 0.844. The fraction of sp³-hybridized carbons (Fsp3) is 1.00. The summed E-state index contributed by atoms with van der Waals surface area (Å²) in [5, 5.41) is 0.917. The lowest BCUT2D eigenvalue weighted by atomic mass is 10.6. The zero-order valence-electron chi connectivity index (χ0n) is 7.31. The summed E-state index contributed by atoms with van der Waals surface area (Å²) >= 11 is 8.80. The lowest BCUT2D eigenvalue weighted by Crippen LogP contribution is -2.43. The molecule has 74 valence electrons. The quantitative estimate of drug-likeness (QED) is 0.527. The number of rotatable bonds is 7. The molecule has 0 aliphatic carbocycles. The van der Waals surface area contributed by atoms with Crippen LogP contribution in [0, 0.1) is 0 Å². The molecule has 6 heteroatoms. The lowest BCUT2D eigenvalue weighted by Gasteiger charge is -2.24. The minimum absolute atomic E-state index is 0.121. The van der Waals surface area contributed by atoms with E-state index in [4.69, 9.17) is 24.9 Å². The van der Waals surface area contributed by atoms with Crippen LogP contribution < -0.4 is 0 Å². The Morgan fingerprint density at radius 2 is 1.92 bits per heavy atom. The molecule has 3 nitrogen and oxygen atoms in total. The van der Waals surface area contributed by atoms with Gasteiger partial charge in [0.15, 0.2) is 0 Å². The van der Waals surface area contributed by atoms with Crippen LogP contribution in [0.3, 0.4) is 0 Å². The highest BCUT2D eigenvalue weighted by atomic mass is 79.9. The maximum Gasteiger partial charge on any atom is 0.501 e. The van der Waals surface area contributed by atoms with Gasteiger partial charge in [0.2, 0.25) is 0 Å². The first-order valence-corrected chi connectivity index (χ1v) is 7.19. The molecule has 0 saturated carbocycles. The van der Waals surface area contributed by atoms with Crippen molar-refractivity contribution in [1.82, 2.24) is 0 Å². The van der Waals surface area contributed by atoms with E-state index in [-0.39, 0.29) is 6.07 Å². The number of halogens is 2. The van der Waals surface area contributed by atoms with E-state index in [1.165, 1.54) is 0 Å². The molecule has 0 saturated heterocycles. The normalized spacial score (nSPS) is 12.0. The molecule has 0 radical (unpaired) electrons. The van der Waals surface area contributed by atoms with Crippen molar-refractivity contribution < 1.29 is 13.3 Å². The molecular formula is C6H14BrClO3Si. The molecular weight excluding hydrogens is 264 g/mol. The summed E-state index contributed by atoms with van der Waals surface area (Å²) < 4.78 is 15.7. The van der Waals surface area contributed by atoms with Gasteiger partial charge < -0.3 is 13.3 Å². The zero-order valence-corrected chi connectivity index (χ0v) is 10.7. The van der Waals surface area contributed by atoms with Gasteiger partial charge in [-0.05, 0) is 6.42 Å². The van der Waals surface area contributed by atoms with E-state index < -0.39 is 8.80 Å². The van der Waals surface area contributed by atoms with Crippen LogP contribution in [0.5, 0.6) is 0 Å².